The van der Waals surface area contributed by atoms with Gasteiger partial charge in [-0.2, -0.15) is 10.1 Å². The van der Waals surface area contributed by atoms with Crippen molar-refractivity contribution in [3.8, 4) is 0 Å². The average Bonchev–Trinajstić information content (AvgIpc) is 2.99. The summed E-state index contributed by atoms with van der Waals surface area (Å²) in [4.78, 5) is 15.9. The molecule has 0 fully saturated rings. The van der Waals surface area contributed by atoms with Gasteiger partial charge in [0.25, 0.3) is 6.01 Å². The number of amides is 1. The Morgan fingerprint density at radius 3 is 2.81 bits per heavy atom. The van der Waals surface area contributed by atoms with E-state index >= 15 is 0 Å². The third-order valence-electron chi connectivity index (χ3n) is 4.11. The van der Waals surface area contributed by atoms with Crippen LogP contribution in [0.4, 0.5) is 11.7 Å². The summed E-state index contributed by atoms with van der Waals surface area (Å²) < 4.78 is 5.72. The van der Waals surface area contributed by atoms with Gasteiger partial charge in [-0.3, -0.25) is 4.79 Å². The van der Waals surface area contributed by atoms with Crippen LogP contribution in [0.5, 0.6) is 0 Å². The molecule has 0 spiro atoms. The van der Waals surface area contributed by atoms with Gasteiger partial charge >= 0.3 is 0 Å². The highest BCUT2D eigenvalue weighted by molar-refractivity contribution is 6.42. The number of hydrazone groups is 1. The average molecular weight is 389 g/mol. The quantitative estimate of drug-likeness (QED) is 0.678. The fourth-order valence-electron chi connectivity index (χ4n) is 2.84. The molecule has 4 rings (SSSR count). The van der Waals surface area contributed by atoms with Crippen molar-refractivity contribution in [2.75, 3.05) is 5.32 Å². The van der Waals surface area contributed by atoms with Gasteiger partial charge in [-0.15, -0.1) is 0 Å². The topological polar surface area (TPSA) is 79.5 Å². The van der Waals surface area contributed by atoms with Gasteiger partial charge in [0, 0.05) is 23.6 Å². The van der Waals surface area contributed by atoms with Crippen molar-refractivity contribution >= 4 is 57.6 Å². The Morgan fingerprint density at radius 1 is 1.19 bits per heavy atom. The number of hydrogen-bond acceptors (Lipinski definition) is 5. The number of anilines is 2. The third kappa shape index (κ3) is 3.25. The van der Waals surface area contributed by atoms with Crippen LogP contribution in [0, 0.1) is 5.92 Å². The molecule has 0 saturated carbocycles. The Bertz CT molecular complexity index is 1040. The number of carbonyl (C=O) groups is 1. The first-order valence-electron chi connectivity index (χ1n) is 7.99. The number of hydrogen-bond donors (Lipinski definition) is 2. The van der Waals surface area contributed by atoms with Gasteiger partial charge in [0.2, 0.25) is 5.91 Å². The lowest BCUT2D eigenvalue weighted by atomic mass is 9.94. The van der Waals surface area contributed by atoms with Gasteiger partial charge < -0.3 is 9.73 Å². The molecule has 0 bridgehead atoms. The van der Waals surface area contributed by atoms with E-state index in [-0.39, 0.29) is 11.8 Å². The van der Waals surface area contributed by atoms with Gasteiger partial charge in [0.05, 0.1) is 15.8 Å². The smallest absolute Gasteiger partial charge is 0.300 e. The molecule has 6 nitrogen and oxygen atoms in total. The van der Waals surface area contributed by atoms with Crippen molar-refractivity contribution in [1.82, 2.24) is 10.4 Å². The SMILES string of the molecule is CC1CC(=O)NN=C1c1ccc2oc(Nc3ccc(Cl)c(Cl)c3)nc2c1. The number of halogens is 2. The maximum atomic E-state index is 11.4. The normalized spacial score (nSPS) is 17.1. The molecule has 2 aromatic carbocycles. The van der Waals surface area contributed by atoms with Gasteiger partial charge in [0.1, 0.15) is 5.52 Å². The number of nitrogens with one attached hydrogen (secondary N) is 2. The van der Waals surface area contributed by atoms with Gasteiger partial charge in [-0.05, 0) is 36.4 Å². The minimum Gasteiger partial charge on any atom is -0.423 e. The van der Waals surface area contributed by atoms with Crippen LogP contribution < -0.4 is 10.7 Å². The Kier molecular flexibility index (Phi) is 4.30. The summed E-state index contributed by atoms with van der Waals surface area (Å²) in [5.41, 5.74) is 6.31. The van der Waals surface area contributed by atoms with E-state index in [2.05, 4.69) is 20.8 Å². The standard InChI is InChI=1S/C18H14Cl2N4O2/c1-9-6-16(25)23-24-17(9)10-2-5-15-14(7-10)22-18(26-15)21-11-3-4-12(19)13(20)8-11/h2-5,7-9H,6H2,1H3,(H,21,22)(H,23,25). The highest BCUT2D eigenvalue weighted by Crippen LogP contribution is 2.29. The summed E-state index contributed by atoms with van der Waals surface area (Å²) in [5, 5.41) is 8.17. The molecule has 132 valence electrons. The maximum Gasteiger partial charge on any atom is 0.300 e. The summed E-state index contributed by atoms with van der Waals surface area (Å²) >= 11 is 11.9. The van der Waals surface area contributed by atoms with Gasteiger partial charge in [-0.1, -0.05) is 30.1 Å². The van der Waals surface area contributed by atoms with E-state index in [1.165, 1.54) is 0 Å². The number of carbonyl (C=O) groups excluding carboxylic acids is 1. The molecule has 0 aliphatic carbocycles. The Hall–Kier alpha value is -2.57. The molecule has 3 aromatic rings. The molecule has 1 unspecified atom stereocenters. The van der Waals surface area contributed by atoms with E-state index in [9.17, 15) is 4.79 Å². The van der Waals surface area contributed by atoms with Gasteiger partial charge in [-0.25, -0.2) is 5.43 Å². The van der Waals surface area contributed by atoms with Crippen LogP contribution in [0.3, 0.4) is 0 Å². The first kappa shape index (κ1) is 16.9. The van der Waals surface area contributed by atoms with Crippen molar-refractivity contribution in [2.24, 2.45) is 11.0 Å². The lowest BCUT2D eigenvalue weighted by Gasteiger charge is -2.18. The van der Waals surface area contributed by atoms with E-state index in [1.807, 2.05) is 25.1 Å². The second-order valence-corrected chi connectivity index (χ2v) is 6.91. The molecule has 2 N–H and O–H groups in total. The number of benzene rings is 2. The molecule has 1 aliphatic heterocycles. The van der Waals surface area contributed by atoms with Crippen LogP contribution in [0.2, 0.25) is 10.0 Å². The Morgan fingerprint density at radius 2 is 2.04 bits per heavy atom. The second kappa shape index (κ2) is 6.63. The van der Waals surface area contributed by atoms with Crippen LogP contribution in [0.25, 0.3) is 11.1 Å². The fourth-order valence-corrected chi connectivity index (χ4v) is 3.14. The monoisotopic (exact) mass is 388 g/mol. The zero-order valence-corrected chi connectivity index (χ0v) is 15.2. The minimum atomic E-state index is -0.0723. The number of rotatable bonds is 3. The van der Waals surface area contributed by atoms with E-state index in [1.54, 1.807) is 18.2 Å². The van der Waals surface area contributed by atoms with Crippen LogP contribution in [0.1, 0.15) is 18.9 Å². The van der Waals surface area contributed by atoms with Crippen LogP contribution in [0.15, 0.2) is 45.9 Å². The van der Waals surface area contributed by atoms with Crippen molar-refractivity contribution in [3.05, 3.63) is 52.0 Å². The van der Waals surface area contributed by atoms with Crippen LogP contribution in [-0.4, -0.2) is 16.6 Å². The molecule has 0 radical (unpaired) electrons. The largest absolute Gasteiger partial charge is 0.423 e. The maximum absolute atomic E-state index is 11.4. The van der Waals surface area contributed by atoms with Crippen molar-refractivity contribution in [1.29, 1.82) is 0 Å². The second-order valence-electron chi connectivity index (χ2n) is 6.09. The highest BCUT2D eigenvalue weighted by atomic mass is 35.5. The predicted octanol–water partition coefficient (Wildman–Crippen LogP) is 4.74. The first-order chi connectivity index (χ1) is 12.5. The zero-order valence-electron chi connectivity index (χ0n) is 13.7. The summed E-state index contributed by atoms with van der Waals surface area (Å²) in [7, 11) is 0. The molecule has 1 amide bonds. The van der Waals surface area contributed by atoms with E-state index in [4.69, 9.17) is 27.6 Å². The zero-order chi connectivity index (χ0) is 18.3. The fraction of sp³-hybridized carbons (Fsp3) is 0.167. The molecule has 0 saturated heterocycles. The molecule has 2 heterocycles. The lowest BCUT2D eigenvalue weighted by Crippen LogP contribution is -2.31. The molecule has 1 atom stereocenters. The number of nitrogens with zero attached hydrogens (tertiary/aromatic N) is 2. The third-order valence-corrected chi connectivity index (χ3v) is 4.85. The van der Waals surface area contributed by atoms with Crippen molar-refractivity contribution in [2.45, 2.75) is 13.3 Å². The summed E-state index contributed by atoms with van der Waals surface area (Å²) in [6.07, 6.45) is 0.416. The number of oxazole rings is 1. The Balaban J connectivity index is 1.63. The number of fused-ring (bicyclic) bond motifs is 1. The molecular weight excluding hydrogens is 375 g/mol. The molecule has 8 heteroatoms. The first-order valence-corrected chi connectivity index (χ1v) is 8.74. The summed E-state index contributed by atoms with van der Waals surface area (Å²) in [6.45, 7) is 1.97. The van der Waals surface area contributed by atoms with Crippen LogP contribution >= 0.6 is 23.2 Å². The highest BCUT2D eigenvalue weighted by Gasteiger charge is 2.22. The minimum absolute atomic E-state index is 0.0434. The lowest BCUT2D eigenvalue weighted by molar-refractivity contribution is -0.121. The van der Waals surface area contributed by atoms with Crippen molar-refractivity contribution in [3.63, 3.8) is 0 Å². The molecule has 26 heavy (non-hydrogen) atoms. The van der Waals surface area contributed by atoms with Crippen LogP contribution in [-0.2, 0) is 4.79 Å². The van der Waals surface area contributed by atoms with E-state index < -0.39 is 0 Å². The molecule has 1 aliphatic rings. The van der Waals surface area contributed by atoms with E-state index in [0.29, 0.717) is 33.6 Å². The van der Waals surface area contributed by atoms with Crippen molar-refractivity contribution < 1.29 is 9.21 Å². The van der Waals surface area contributed by atoms with Gasteiger partial charge in [0.15, 0.2) is 5.58 Å². The molecule has 1 aromatic heterocycles. The number of aromatic nitrogens is 1. The predicted molar refractivity (Wildman–Crippen MR) is 102 cm³/mol. The summed E-state index contributed by atoms with van der Waals surface area (Å²) in [5.74, 6) is -0.0289. The Labute approximate surface area is 159 Å². The van der Waals surface area contributed by atoms with E-state index in [0.717, 1.165) is 17.0 Å². The summed E-state index contributed by atoms with van der Waals surface area (Å²) in [6, 6.07) is 11.2. The molecular formula is C18H14Cl2N4O2.